The van der Waals surface area contributed by atoms with Crippen molar-refractivity contribution < 1.29 is 25.8 Å². The molecule has 0 fully saturated rings. The molecule has 0 saturated carbocycles. The van der Waals surface area contributed by atoms with Crippen molar-refractivity contribution in [2.75, 3.05) is 26.0 Å². The van der Waals surface area contributed by atoms with E-state index in [1.54, 1.807) is 30.3 Å². The van der Waals surface area contributed by atoms with Gasteiger partial charge in [-0.3, -0.25) is 0 Å². The van der Waals surface area contributed by atoms with E-state index in [4.69, 9.17) is 8.92 Å². The van der Waals surface area contributed by atoms with Gasteiger partial charge in [-0.25, -0.2) is 8.42 Å². The van der Waals surface area contributed by atoms with E-state index in [0.717, 1.165) is 0 Å². The average Bonchev–Trinajstić information content (AvgIpc) is 2.65. The minimum absolute atomic E-state index is 0.0595. The van der Waals surface area contributed by atoms with Gasteiger partial charge >= 0.3 is 10.1 Å². The smallest absolute Gasteiger partial charge is 0.308 e. The van der Waals surface area contributed by atoms with Crippen LogP contribution >= 0.6 is 0 Å². The highest BCUT2D eigenvalue weighted by Gasteiger charge is 2.24. The van der Waals surface area contributed by atoms with Crippen LogP contribution in [-0.4, -0.2) is 47.2 Å². The third kappa shape index (κ3) is 6.03. The molecule has 2 rings (SSSR count). The van der Waals surface area contributed by atoms with E-state index in [1.165, 1.54) is 42.6 Å². The zero-order valence-corrected chi connectivity index (χ0v) is 16.9. The van der Waals surface area contributed by atoms with Crippen LogP contribution in [0.1, 0.15) is 12.5 Å². The Balaban J connectivity index is 2.29. The lowest BCUT2D eigenvalue weighted by atomic mass is 10.2. The highest BCUT2D eigenvalue weighted by Crippen LogP contribution is 2.21. The van der Waals surface area contributed by atoms with Gasteiger partial charge in [0.25, 0.3) is 0 Å². The summed E-state index contributed by atoms with van der Waals surface area (Å²) < 4.78 is 60.5. The minimum atomic E-state index is -3.73. The van der Waals surface area contributed by atoms with Gasteiger partial charge in [0.15, 0.2) is 0 Å². The van der Waals surface area contributed by atoms with Crippen LogP contribution in [-0.2, 0) is 31.4 Å². The first-order valence-electron chi connectivity index (χ1n) is 8.33. The van der Waals surface area contributed by atoms with Crippen molar-refractivity contribution in [1.29, 1.82) is 0 Å². The number of rotatable bonds is 10. The Kier molecular flexibility index (Phi) is 7.37. The molecular formula is C18H23NO6S2. The second kappa shape index (κ2) is 9.32. The fourth-order valence-electron chi connectivity index (χ4n) is 2.32. The third-order valence-corrected chi connectivity index (χ3v) is 6.77. The van der Waals surface area contributed by atoms with E-state index in [0.29, 0.717) is 5.56 Å². The number of methoxy groups -OCH3 is 1. The highest BCUT2D eigenvalue weighted by molar-refractivity contribution is 7.89. The van der Waals surface area contributed by atoms with E-state index in [-0.39, 0.29) is 36.1 Å². The largest absolute Gasteiger partial charge is 0.383 e. The van der Waals surface area contributed by atoms with Gasteiger partial charge in [-0.2, -0.15) is 12.7 Å². The van der Waals surface area contributed by atoms with E-state index >= 15 is 0 Å². The van der Waals surface area contributed by atoms with Crippen molar-refractivity contribution >= 4 is 20.1 Å². The predicted molar refractivity (Wildman–Crippen MR) is 102 cm³/mol. The summed E-state index contributed by atoms with van der Waals surface area (Å²) in [4.78, 5) is 0.182. The average molecular weight is 414 g/mol. The molecule has 0 saturated heterocycles. The summed E-state index contributed by atoms with van der Waals surface area (Å²) in [5, 5.41) is 0. The molecule has 0 unspecified atom stereocenters. The Labute approximate surface area is 160 Å². The zero-order valence-electron chi connectivity index (χ0n) is 15.2. The fraction of sp³-hybridized carbons (Fsp3) is 0.333. The summed E-state index contributed by atoms with van der Waals surface area (Å²) in [5.74, 6) is -0.00213. The van der Waals surface area contributed by atoms with Gasteiger partial charge in [0, 0.05) is 20.2 Å². The van der Waals surface area contributed by atoms with E-state index in [9.17, 15) is 16.8 Å². The molecule has 0 heterocycles. The molecule has 0 aliphatic carbocycles. The quantitative estimate of drug-likeness (QED) is 0.555. The van der Waals surface area contributed by atoms with Gasteiger partial charge in [0.2, 0.25) is 10.0 Å². The molecule has 0 aliphatic rings. The lowest BCUT2D eigenvalue weighted by Gasteiger charge is -2.22. The molecule has 0 bridgehead atoms. The molecule has 9 heteroatoms. The third-order valence-electron chi connectivity index (χ3n) is 3.76. The molecule has 0 aliphatic heterocycles. The summed E-state index contributed by atoms with van der Waals surface area (Å²) >= 11 is 0. The number of ether oxygens (including phenoxy) is 1. The Bertz CT molecular complexity index is 943. The summed E-state index contributed by atoms with van der Waals surface area (Å²) in [6.45, 7) is 1.93. The maximum absolute atomic E-state index is 12.9. The van der Waals surface area contributed by atoms with Crippen LogP contribution in [0.25, 0.3) is 0 Å². The van der Waals surface area contributed by atoms with Crippen molar-refractivity contribution in [3.63, 3.8) is 0 Å². The number of benzene rings is 2. The molecule has 0 amide bonds. The Morgan fingerprint density at radius 2 is 1.67 bits per heavy atom. The number of sulfonamides is 1. The molecule has 0 N–H and O–H groups in total. The topological polar surface area (TPSA) is 90.0 Å². The van der Waals surface area contributed by atoms with E-state index in [2.05, 4.69) is 0 Å². The van der Waals surface area contributed by atoms with Crippen LogP contribution in [0.3, 0.4) is 0 Å². The fourth-order valence-corrected chi connectivity index (χ4v) is 4.27. The lowest BCUT2D eigenvalue weighted by molar-refractivity contribution is 0.177. The van der Waals surface area contributed by atoms with Crippen LogP contribution in [0, 0.1) is 0 Å². The van der Waals surface area contributed by atoms with Crippen molar-refractivity contribution in [2.45, 2.75) is 18.4 Å². The van der Waals surface area contributed by atoms with Crippen molar-refractivity contribution in [2.24, 2.45) is 0 Å². The minimum Gasteiger partial charge on any atom is -0.383 e. The predicted octanol–water partition coefficient (Wildman–Crippen LogP) is 2.25. The van der Waals surface area contributed by atoms with Crippen LogP contribution in [0.15, 0.2) is 59.5 Å². The van der Waals surface area contributed by atoms with Gasteiger partial charge in [0.05, 0.1) is 17.3 Å². The van der Waals surface area contributed by atoms with Crippen LogP contribution in [0.5, 0.6) is 5.75 Å². The van der Waals surface area contributed by atoms with Crippen molar-refractivity contribution in [3.05, 3.63) is 60.2 Å². The number of nitrogens with zero attached hydrogens (tertiary/aromatic N) is 1. The van der Waals surface area contributed by atoms with Crippen molar-refractivity contribution in [1.82, 2.24) is 4.31 Å². The van der Waals surface area contributed by atoms with Gasteiger partial charge in [-0.05, 0) is 36.8 Å². The zero-order chi connectivity index (χ0) is 19.9. The SMILES string of the molecule is CCS(=O)(=O)Oc1cccc(CN(CCOC)S(=O)(=O)c2ccccc2)c1. The maximum atomic E-state index is 12.9. The van der Waals surface area contributed by atoms with Crippen LogP contribution < -0.4 is 4.18 Å². The van der Waals surface area contributed by atoms with Crippen molar-refractivity contribution in [3.8, 4) is 5.75 Å². The highest BCUT2D eigenvalue weighted by atomic mass is 32.2. The normalized spacial score (nSPS) is 12.3. The molecule has 2 aromatic carbocycles. The number of hydrogen-bond donors (Lipinski definition) is 0. The molecular weight excluding hydrogens is 390 g/mol. The number of hydrogen-bond acceptors (Lipinski definition) is 6. The Morgan fingerprint density at radius 3 is 2.30 bits per heavy atom. The first kappa shape index (κ1) is 21.4. The summed E-state index contributed by atoms with van der Waals surface area (Å²) in [5.41, 5.74) is 0.606. The second-order valence-electron chi connectivity index (χ2n) is 5.72. The molecule has 148 valence electrons. The first-order valence-corrected chi connectivity index (χ1v) is 11.4. The van der Waals surface area contributed by atoms with Gasteiger partial charge in [-0.1, -0.05) is 30.3 Å². The van der Waals surface area contributed by atoms with Crippen LogP contribution in [0.4, 0.5) is 0 Å². The van der Waals surface area contributed by atoms with Crippen LogP contribution in [0.2, 0.25) is 0 Å². The molecule has 0 atom stereocenters. The monoisotopic (exact) mass is 413 g/mol. The van der Waals surface area contributed by atoms with Gasteiger partial charge in [0.1, 0.15) is 5.75 Å². The Morgan fingerprint density at radius 1 is 0.963 bits per heavy atom. The lowest BCUT2D eigenvalue weighted by Crippen LogP contribution is -2.33. The summed E-state index contributed by atoms with van der Waals surface area (Å²) in [6, 6.07) is 14.5. The maximum Gasteiger partial charge on any atom is 0.308 e. The molecule has 0 radical (unpaired) electrons. The Hall–Kier alpha value is -1.94. The molecule has 7 nitrogen and oxygen atoms in total. The van der Waals surface area contributed by atoms with Gasteiger partial charge < -0.3 is 8.92 Å². The second-order valence-corrected chi connectivity index (χ2v) is 9.52. The van der Waals surface area contributed by atoms with E-state index in [1.807, 2.05) is 0 Å². The summed E-state index contributed by atoms with van der Waals surface area (Å²) in [6.07, 6.45) is 0. The van der Waals surface area contributed by atoms with Gasteiger partial charge in [-0.15, -0.1) is 0 Å². The molecule has 2 aromatic rings. The van der Waals surface area contributed by atoms with E-state index < -0.39 is 20.1 Å². The standard InChI is InChI=1S/C18H23NO6S2/c1-3-26(20,21)25-17-9-7-8-16(14-17)15-19(12-13-24-2)27(22,23)18-10-5-4-6-11-18/h4-11,14H,3,12-13,15H2,1-2H3. The summed E-state index contributed by atoms with van der Waals surface area (Å²) in [7, 11) is -5.89. The first-order chi connectivity index (χ1) is 12.8. The molecule has 27 heavy (non-hydrogen) atoms. The molecule has 0 spiro atoms. The molecule has 0 aromatic heterocycles.